The van der Waals surface area contributed by atoms with Gasteiger partial charge in [0.2, 0.25) is 0 Å². The van der Waals surface area contributed by atoms with Crippen molar-refractivity contribution in [3.05, 3.63) is 194 Å². The molecule has 0 spiro atoms. The first-order valence-electron chi connectivity index (χ1n) is 20.8. The van der Waals surface area contributed by atoms with Crippen LogP contribution in [-0.4, -0.2) is 5.21 Å². The van der Waals surface area contributed by atoms with E-state index in [9.17, 15) is 5.21 Å². The van der Waals surface area contributed by atoms with Gasteiger partial charge in [-0.25, -0.2) is 0 Å². The Kier molecular flexibility index (Phi) is 11.4. The van der Waals surface area contributed by atoms with Gasteiger partial charge in [0.05, 0.1) is 5.69 Å². The molecule has 7 aromatic carbocycles. The van der Waals surface area contributed by atoms with Crippen LogP contribution in [0.3, 0.4) is 0 Å². The van der Waals surface area contributed by atoms with E-state index in [-0.39, 0.29) is 5.41 Å². The summed E-state index contributed by atoms with van der Waals surface area (Å²) >= 11 is 0. The number of aryl methyl sites for hydroxylation is 8. The second kappa shape index (κ2) is 16.3. The van der Waals surface area contributed by atoms with E-state index in [2.05, 4.69) is 203 Å². The molecule has 2 heteroatoms. The fourth-order valence-electron chi connectivity index (χ4n) is 9.45. The monoisotopic (exact) mass is 761 g/mol. The van der Waals surface area contributed by atoms with Crippen LogP contribution in [0, 0.1) is 55.4 Å². The van der Waals surface area contributed by atoms with E-state index in [1.165, 1.54) is 106 Å². The fraction of sp³-hybridized carbons (Fsp3) is 0.250. The molecule has 7 aromatic rings. The molecule has 0 radical (unpaired) electrons. The topological polar surface area (TPSA) is 32.3 Å². The highest BCUT2D eigenvalue weighted by Gasteiger charge is 2.25. The zero-order valence-electron chi connectivity index (χ0n) is 36.4. The maximum Gasteiger partial charge on any atom is 0.0672 e. The van der Waals surface area contributed by atoms with Gasteiger partial charge in [-0.05, 0) is 178 Å². The number of hydrogen-bond donors (Lipinski definition) is 2. The molecule has 294 valence electrons. The third-order valence-corrected chi connectivity index (χ3v) is 12.4. The Morgan fingerprint density at radius 3 is 0.862 bits per heavy atom. The van der Waals surface area contributed by atoms with E-state index < -0.39 is 0 Å². The Bertz CT molecular complexity index is 2280. The van der Waals surface area contributed by atoms with Crippen molar-refractivity contribution < 1.29 is 5.21 Å². The van der Waals surface area contributed by atoms with Crippen molar-refractivity contribution in [2.75, 3.05) is 5.48 Å². The Morgan fingerprint density at radius 1 is 0.397 bits per heavy atom. The summed E-state index contributed by atoms with van der Waals surface area (Å²) in [5, 5.41) is 11.4. The van der Waals surface area contributed by atoms with Crippen molar-refractivity contribution in [2.24, 2.45) is 0 Å². The van der Waals surface area contributed by atoms with Gasteiger partial charge < -0.3 is 0 Å². The lowest BCUT2D eigenvalue weighted by Crippen LogP contribution is -2.15. The SMILES string of the molecule is Cc1cccc(C)c1-c1cccc(-c2c(C)cccc2C)c1Cc1cc(C(C)(C)C)cc(Cc2c(-c3c(C)cccc3C)cccc2-c2c(C)cccc2C)c1NO. The molecule has 2 N–H and O–H groups in total. The van der Waals surface area contributed by atoms with Crippen LogP contribution in [0.4, 0.5) is 5.69 Å². The summed E-state index contributed by atoms with van der Waals surface area (Å²) in [7, 11) is 0. The van der Waals surface area contributed by atoms with E-state index in [4.69, 9.17) is 0 Å². The smallest absolute Gasteiger partial charge is 0.0672 e. The van der Waals surface area contributed by atoms with E-state index in [0.29, 0.717) is 12.8 Å². The molecule has 0 atom stereocenters. The van der Waals surface area contributed by atoms with Crippen molar-refractivity contribution in [3.63, 3.8) is 0 Å². The molecular weight excluding hydrogens is 703 g/mol. The van der Waals surface area contributed by atoms with Gasteiger partial charge in [-0.15, -0.1) is 0 Å². The van der Waals surface area contributed by atoms with Gasteiger partial charge in [-0.3, -0.25) is 10.7 Å². The summed E-state index contributed by atoms with van der Waals surface area (Å²) in [6, 6.07) is 44.6. The van der Waals surface area contributed by atoms with Crippen LogP contribution < -0.4 is 5.48 Å². The predicted molar refractivity (Wildman–Crippen MR) is 249 cm³/mol. The van der Waals surface area contributed by atoms with E-state index in [0.717, 1.165) is 16.8 Å². The molecule has 0 aliphatic rings. The highest BCUT2D eigenvalue weighted by molar-refractivity contribution is 5.86. The maximum atomic E-state index is 11.4. The van der Waals surface area contributed by atoms with Crippen molar-refractivity contribution in [2.45, 2.75) is 94.4 Å². The summed E-state index contributed by atoms with van der Waals surface area (Å²) in [5.41, 5.74) is 29.5. The zero-order chi connectivity index (χ0) is 41.5. The Morgan fingerprint density at radius 2 is 0.638 bits per heavy atom. The van der Waals surface area contributed by atoms with Gasteiger partial charge in [-0.1, -0.05) is 142 Å². The van der Waals surface area contributed by atoms with Crippen molar-refractivity contribution in [1.82, 2.24) is 0 Å². The van der Waals surface area contributed by atoms with Crippen molar-refractivity contribution in [3.8, 4) is 44.5 Å². The van der Waals surface area contributed by atoms with Crippen molar-refractivity contribution >= 4 is 5.69 Å². The average Bonchev–Trinajstić information content (AvgIpc) is 3.16. The molecule has 0 bridgehead atoms. The van der Waals surface area contributed by atoms with Crippen LogP contribution in [0.15, 0.2) is 121 Å². The minimum Gasteiger partial charge on any atom is -0.291 e. The van der Waals surface area contributed by atoms with E-state index in [1.807, 2.05) is 0 Å². The Labute approximate surface area is 347 Å². The van der Waals surface area contributed by atoms with E-state index in [1.54, 1.807) is 0 Å². The second-order valence-corrected chi connectivity index (χ2v) is 17.6. The first-order chi connectivity index (χ1) is 27.7. The summed E-state index contributed by atoms with van der Waals surface area (Å²) < 4.78 is 0. The fourth-order valence-corrected chi connectivity index (χ4v) is 9.45. The standard InChI is InChI=1S/C56H59NO/c1-34-18-12-19-35(2)51(34)45-26-16-27-46(52-36(3)20-13-21-37(52)4)49(45)32-42-30-44(56(9,10)11)31-43(55(42)57-58)33-50-47(53-38(5)22-14-23-39(53)6)28-17-29-48(50)54-40(7)24-15-25-41(54)8/h12-31,57-58H,32-33H2,1-11H3. The lowest BCUT2D eigenvalue weighted by molar-refractivity contribution is 0.387. The van der Waals surface area contributed by atoms with Crippen LogP contribution in [0.25, 0.3) is 44.5 Å². The molecule has 0 heterocycles. The quantitative estimate of drug-likeness (QED) is 0.144. The number of benzene rings is 7. The van der Waals surface area contributed by atoms with Crippen LogP contribution >= 0.6 is 0 Å². The number of rotatable bonds is 9. The Balaban J connectivity index is 1.52. The molecule has 2 nitrogen and oxygen atoms in total. The first kappa shape index (κ1) is 40.5. The summed E-state index contributed by atoms with van der Waals surface area (Å²) in [6.45, 7) is 24.6. The molecule has 0 aromatic heterocycles. The number of anilines is 1. The zero-order valence-corrected chi connectivity index (χ0v) is 36.4. The van der Waals surface area contributed by atoms with Gasteiger partial charge in [-0.2, -0.15) is 0 Å². The highest BCUT2D eigenvalue weighted by Crippen LogP contribution is 2.44. The largest absolute Gasteiger partial charge is 0.291 e. The molecule has 0 saturated carbocycles. The molecule has 0 fully saturated rings. The predicted octanol–water partition coefficient (Wildman–Crippen LogP) is 15.1. The second-order valence-electron chi connectivity index (χ2n) is 17.6. The minimum atomic E-state index is -0.138. The normalized spacial score (nSPS) is 11.6. The van der Waals surface area contributed by atoms with Gasteiger partial charge in [0, 0.05) is 12.8 Å². The molecule has 58 heavy (non-hydrogen) atoms. The molecule has 0 aliphatic carbocycles. The number of hydrogen-bond acceptors (Lipinski definition) is 2. The molecule has 0 saturated heterocycles. The molecule has 0 amide bonds. The van der Waals surface area contributed by atoms with Crippen LogP contribution in [0.5, 0.6) is 0 Å². The molecule has 0 unspecified atom stereocenters. The molecule has 0 aliphatic heterocycles. The Hall–Kier alpha value is -5.70. The summed E-state index contributed by atoms with van der Waals surface area (Å²) in [5.74, 6) is 0. The number of nitrogens with one attached hydrogen (secondary N) is 1. The van der Waals surface area contributed by atoms with Gasteiger partial charge in [0.1, 0.15) is 0 Å². The lowest BCUT2D eigenvalue weighted by atomic mass is 9.79. The molecule has 7 rings (SSSR count). The van der Waals surface area contributed by atoms with Crippen LogP contribution in [0.2, 0.25) is 0 Å². The maximum absolute atomic E-state index is 11.4. The van der Waals surface area contributed by atoms with Crippen molar-refractivity contribution in [1.29, 1.82) is 0 Å². The highest BCUT2D eigenvalue weighted by atomic mass is 16.5. The molecular formula is C56H59NO. The summed E-state index contributed by atoms with van der Waals surface area (Å²) in [4.78, 5) is 0. The minimum absolute atomic E-state index is 0.138. The summed E-state index contributed by atoms with van der Waals surface area (Å²) in [6.07, 6.45) is 1.27. The third kappa shape index (κ3) is 7.66. The lowest BCUT2D eigenvalue weighted by Gasteiger charge is -2.27. The van der Waals surface area contributed by atoms with Gasteiger partial charge >= 0.3 is 0 Å². The average molecular weight is 762 g/mol. The van der Waals surface area contributed by atoms with Gasteiger partial charge in [0.15, 0.2) is 0 Å². The van der Waals surface area contributed by atoms with Crippen LogP contribution in [0.1, 0.15) is 93.1 Å². The van der Waals surface area contributed by atoms with E-state index >= 15 is 0 Å². The third-order valence-electron chi connectivity index (χ3n) is 12.4. The van der Waals surface area contributed by atoms with Gasteiger partial charge in [0.25, 0.3) is 0 Å². The van der Waals surface area contributed by atoms with Crippen LogP contribution in [-0.2, 0) is 18.3 Å². The first-order valence-corrected chi connectivity index (χ1v) is 20.8.